The van der Waals surface area contributed by atoms with Gasteiger partial charge in [-0.15, -0.1) is 0 Å². The number of aliphatic carboxylic acids is 1. The lowest BCUT2D eigenvalue weighted by Crippen LogP contribution is -2.46. The summed E-state index contributed by atoms with van der Waals surface area (Å²) in [6.07, 6.45) is 0. The van der Waals surface area contributed by atoms with Gasteiger partial charge in [-0.2, -0.15) is 0 Å². The molecule has 0 aromatic heterocycles. The first-order valence-corrected chi connectivity index (χ1v) is 7.19. The Morgan fingerprint density at radius 2 is 2.24 bits per heavy atom. The van der Waals surface area contributed by atoms with Crippen LogP contribution in [0.5, 0.6) is 0 Å². The number of hydrogen-bond acceptors (Lipinski definition) is 2. The number of rotatable bonds is 3. The molecule has 1 aliphatic rings. The van der Waals surface area contributed by atoms with E-state index in [9.17, 15) is 14.3 Å². The van der Waals surface area contributed by atoms with E-state index in [0.29, 0.717) is 12.3 Å². The van der Waals surface area contributed by atoms with Gasteiger partial charge in [-0.1, -0.05) is 17.7 Å². The summed E-state index contributed by atoms with van der Waals surface area (Å²) in [5.74, 6) is -2.62. The van der Waals surface area contributed by atoms with Crippen LogP contribution < -0.4 is 0 Å². The van der Waals surface area contributed by atoms with Gasteiger partial charge < -0.3 is 10.0 Å². The molecule has 1 N–H and O–H groups in total. The Bertz CT molecular complexity index is 615. The van der Waals surface area contributed by atoms with Crippen LogP contribution >= 0.6 is 23.8 Å². The number of carbonyl (C=O) groups is 1. The molecule has 0 saturated carbocycles. The second-order valence-corrected chi connectivity index (χ2v) is 5.49. The zero-order chi connectivity index (χ0) is 15.7. The highest BCUT2D eigenvalue weighted by Crippen LogP contribution is 2.38. The molecule has 1 aliphatic heterocycles. The van der Waals surface area contributed by atoms with Crippen LogP contribution in [0.3, 0.4) is 0 Å². The predicted molar refractivity (Wildman–Crippen MR) is 83.4 cm³/mol. The Morgan fingerprint density at radius 1 is 1.57 bits per heavy atom. The van der Waals surface area contributed by atoms with E-state index in [1.807, 2.05) is 6.92 Å². The van der Waals surface area contributed by atoms with Crippen molar-refractivity contribution in [3.05, 3.63) is 34.6 Å². The van der Waals surface area contributed by atoms with Crippen molar-refractivity contribution < 1.29 is 14.3 Å². The highest BCUT2D eigenvalue weighted by atomic mass is 35.5. The van der Waals surface area contributed by atoms with E-state index in [0.717, 1.165) is 0 Å². The molecule has 2 rings (SSSR count). The fourth-order valence-electron chi connectivity index (χ4n) is 2.57. The first-order valence-electron chi connectivity index (χ1n) is 6.41. The van der Waals surface area contributed by atoms with Crippen LogP contribution in [0.2, 0.25) is 5.02 Å². The standard InChI is InChI=1S/C14H14ClFN2O2S/c1-3-18-12(11-8(15)5-4-6-9(11)16)10(13(19)20)7(2)17-14(18)21/h4-6,10,12H,3H2,1-2H3,(H,19,20). The van der Waals surface area contributed by atoms with Crippen molar-refractivity contribution in [1.29, 1.82) is 0 Å². The molecule has 1 heterocycles. The minimum absolute atomic E-state index is 0.144. The molecular formula is C14H14ClFN2O2S. The molecule has 0 amide bonds. The zero-order valence-corrected chi connectivity index (χ0v) is 13.1. The van der Waals surface area contributed by atoms with Gasteiger partial charge in [-0.05, 0) is 38.2 Å². The van der Waals surface area contributed by atoms with Crippen LogP contribution in [0.1, 0.15) is 25.5 Å². The van der Waals surface area contributed by atoms with E-state index in [1.165, 1.54) is 18.2 Å². The molecule has 21 heavy (non-hydrogen) atoms. The van der Waals surface area contributed by atoms with Gasteiger partial charge in [0.1, 0.15) is 11.7 Å². The van der Waals surface area contributed by atoms with Crippen LogP contribution in [0.4, 0.5) is 4.39 Å². The van der Waals surface area contributed by atoms with Gasteiger partial charge in [0.15, 0.2) is 5.11 Å². The number of benzene rings is 1. The van der Waals surface area contributed by atoms with E-state index in [1.54, 1.807) is 11.8 Å². The molecule has 1 aromatic carbocycles. The Balaban J connectivity index is 2.68. The topological polar surface area (TPSA) is 52.9 Å². The van der Waals surface area contributed by atoms with Crippen LogP contribution in [-0.2, 0) is 4.79 Å². The molecule has 2 atom stereocenters. The SMILES string of the molecule is CCN1C(=S)N=C(C)C(C(=O)O)C1c1c(F)cccc1Cl. The van der Waals surface area contributed by atoms with E-state index in [-0.39, 0.29) is 15.7 Å². The molecule has 2 unspecified atom stereocenters. The molecule has 0 radical (unpaired) electrons. The largest absolute Gasteiger partial charge is 0.481 e. The summed E-state index contributed by atoms with van der Waals surface area (Å²) in [5.41, 5.74) is 0.492. The summed E-state index contributed by atoms with van der Waals surface area (Å²) in [7, 11) is 0. The summed E-state index contributed by atoms with van der Waals surface area (Å²) >= 11 is 11.3. The van der Waals surface area contributed by atoms with Crippen molar-refractivity contribution in [2.75, 3.05) is 6.54 Å². The Hall–Kier alpha value is -1.53. The first-order chi connectivity index (χ1) is 9.88. The van der Waals surface area contributed by atoms with E-state index in [4.69, 9.17) is 23.8 Å². The summed E-state index contributed by atoms with van der Waals surface area (Å²) in [5, 5.41) is 9.94. The molecule has 1 aromatic rings. The monoisotopic (exact) mass is 328 g/mol. The molecule has 7 heteroatoms. The van der Waals surface area contributed by atoms with Gasteiger partial charge in [-0.3, -0.25) is 4.79 Å². The number of carboxylic acids is 1. The number of aliphatic imine (C=N–C) groups is 1. The average Bonchev–Trinajstić information content (AvgIpc) is 2.37. The lowest BCUT2D eigenvalue weighted by molar-refractivity contribution is -0.141. The van der Waals surface area contributed by atoms with Crippen LogP contribution in [-0.4, -0.2) is 33.3 Å². The van der Waals surface area contributed by atoms with Crippen LogP contribution in [0, 0.1) is 11.7 Å². The third-order valence-corrected chi connectivity index (χ3v) is 4.18. The molecule has 0 fully saturated rings. The van der Waals surface area contributed by atoms with Gasteiger partial charge >= 0.3 is 5.97 Å². The van der Waals surface area contributed by atoms with E-state index in [2.05, 4.69) is 4.99 Å². The minimum Gasteiger partial charge on any atom is -0.481 e. The van der Waals surface area contributed by atoms with Crippen molar-refractivity contribution in [3.63, 3.8) is 0 Å². The Kier molecular flexibility index (Phi) is 4.58. The van der Waals surface area contributed by atoms with Gasteiger partial charge in [0.25, 0.3) is 0 Å². The predicted octanol–water partition coefficient (Wildman–Crippen LogP) is 3.30. The molecular weight excluding hydrogens is 315 g/mol. The number of hydrogen-bond donors (Lipinski definition) is 1. The third kappa shape index (κ3) is 2.78. The summed E-state index contributed by atoms with van der Waals surface area (Å²) in [4.78, 5) is 17.3. The second kappa shape index (κ2) is 6.07. The first kappa shape index (κ1) is 15.9. The van der Waals surface area contributed by atoms with Crippen LogP contribution in [0.25, 0.3) is 0 Å². The Morgan fingerprint density at radius 3 is 2.76 bits per heavy atom. The van der Waals surface area contributed by atoms with Crippen molar-refractivity contribution in [1.82, 2.24) is 4.90 Å². The second-order valence-electron chi connectivity index (χ2n) is 4.72. The maximum atomic E-state index is 14.2. The van der Waals surface area contributed by atoms with Gasteiger partial charge in [0.05, 0.1) is 6.04 Å². The van der Waals surface area contributed by atoms with Gasteiger partial charge in [0.2, 0.25) is 0 Å². The average molecular weight is 329 g/mol. The van der Waals surface area contributed by atoms with Gasteiger partial charge in [0, 0.05) is 22.8 Å². The van der Waals surface area contributed by atoms with Crippen molar-refractivity contribution in [2.45, 2.75) is 19.9 Å². The summed E-state index contributed by atoms with van der Waals surface area (Å²) in [6, 6.07) is 3.48. The molecule has 0 spiro atoms. The maximum absolute atomic E-state index is 14.2. The molecule has 4 nitrogen and oxygen atoms in total. The number of thiocarbonyl (C=S) groups is 1. The normalized spacial score (nSPS) is 22.2. The molecule has 0 bridgehead atoms. The fourth-order valence-corrected chi connectivity index (χ4v) is 3.23. The summed E-state index contributed by atoms with van der Waals surface area (Å²) < 4.78 is 14.2. The highest BCUT2D eigenvalue weighted by molar-refractivity contribution is 7.80. The highest BCUT2D eigenvalue weighted by Gasteiger charge is 2.42. The van der Waals surface area contributed by atoms with E-state index >= 15 is 0 Å². The Labute approximate surface area is 132 Å². The minimum atomic E-state index is -1.08. The van der Waals surface area contributed by atoms with Crippen molar-refractivity contribution >= 4 is 40.6 Å². The summed E-state index contributed by atoms with van der Waals surface area (Å²) in [6.45, 7) is 3.80. The molecule has 112 valence electrons. The van der Waals surface area contributed by atoms with Crippen LogP contribution in [0.15, 0.2) is 23.2 Å². The van der Waals surface area contributed by atoms with Gasteiger partial charge in [-0.25, -0.2) is 9.38 Å². The quantitative estimate of drug-likeness (QED) is 0.865. The maximum Gasteiger partial charge on any atom is 0.314 e. The van der Waals surface area contributed by atoms with Crippen molar-refractivity contribution in [2.24, 2.45) is 10.9 Å². The third-order valence-electron chi connectivity index (χ3n) is 3.52. The molecule has 0 aliphatic carbocycles. The van der Waals surface area contributed by atoms with Crippen molar-refractivity contribution in [3.8, 4) is 0 Å². The number of carboxylic acid groups (broad SMARTS) is 1. The zero-order valence-electron chi connectivity index (χ0n) is 11.5. The molecule has 0 saturated heterocycles. The lowest BCUT2D eigenvalue weighted by atomic mass is 9.86. The lowest BCUT2D eigenvalue weighted by Gasteiger charge is -2.39. The fraction of sp³-hybridized carbons (Fsp3) is 0.357. The van der Waals surface area contributed by atoms with E-state index < -0.39 is 23.7 Å². The number of nitrogens with zero attached hydrogens (tertiary/aromatic N) is 2. The smallest absolute Gasteiger partial charge is 0.314 e. The number of halogens is 2.